The first-order valence-electron chi connectivity index (χ1n) is 10.8. The first-order chi connectivity index (χ1) is 14.5. The average Bonchev–Trinajstić information content (AvgIpc) is 3.19. The fourth-order valence-corrected chi connectivity index (χ4v) is 6.40. The number of halogens is 2. The highest BCUT2D eigenvalue weighted by Crippen LogP contribution is 2.46. The molecule has 2 aromatic rings. The van der Waals surface area contributed by atoms with Gasteiger partial charge in [0, 0.05) is 29.2 Å². The molecule has 160 valence electrons. The molecule has 30 heavy (non-hydrogen) atoms. The van der Waals surface area contributed by atoms with Crippen molar-refractivity contribution >= 4 is 45.9 Å². The lowest BCUT2D eigenvalue weighted by Gasteiger charge is -2.27. The standard InChI is InChI=1S/C25H28Cl2O2S/c1-15-14-18(7-6-17-8-11-29-12-9-17)16(2)25-19(10-13-30-25)22(15)24(28)20-4-3-5-21(26)23(20)27/h3-5,10,13,16-18H,6-9,11-12,14H2,1-2H3. The van der Waals surface area contributed by atoms with Crippen molar-refractivity contribution in [3.05, 3.63) is 61.3 Å². The minimum atomic E-state index is -0.0167. The smallest absolute Gasteiger partial charge is 0.195 e. The van der Waals surface area contributed by atoms with Gasteiger partial charge in [0.2, 0.25) is 0 Å². The Morgan fingerprint density at radius 1 is 1.17 bits per heavy atom. The van der Waals surface area contributed by atoms with Crippen molar-refractivity contribution in [1.29, 1.82) is 0 Å². The molecule has 0 bridgehead atoms. The van der Waals surface area contributed by atoms with Gasteiger partial charge in [0.15, 0.2) is 5.78 Å². The van der Waals surface area contributed by atoms with E-state index in [0.29, 0.717) is 27.4 Å². The molecule has 0 radical (unpaired) electrons. The number of rotatable bonds is 5. The third kappa shape index (κ3) is 4.41. The molecule has 0 amide bonds. The summed E-state index contributed by atoms with van der Waals surface area (Å²) in [5, 5.41) is 2.87. The monoisotopic (exact) mass is 462 g/mol. The molecule has 2 unspecified atom stereocenters. The van der Waals surface area contributed by atoms with Gasteiger partial charge in [-0.05, 0) is 85.9 Å². The van der Waals surface area contributed by atoms with Crippen LogP contribution in [-0.2, 0) is 4.74 Å². The van der Waals surface area contributed by atoms with Gasteiger partial charge in [-0.3, -0.25) is 4.79 Å². The van der Waals surface area contributed by atoms with Crippen LogP contribution < -0.4 is 0 Å². The molecule has 0 saturated carbocycles. The van der Waals surface area contributed by atoms with Gasteiger partial charge in [0.1, 0.15) is 0 Å². The Labute approximate surface area is 193 Å². The number of fused-ring (bicyclic) bond motifs is 1. The minimum absolute atomic E-state index is 0.0167. The highest BCUT2D eigenvalue weighted by atomic mass is 35.5. The van der Waals surface area contributed by atoms with Crippen LogP contribution in [0, 0.1) is 11.8 Å². The van der Waals surface area contributed by atoms with Crippen molar-refractivity contribution in [3.63, 3.8) is 0 Å². The molecule has 2 aliphatic rings. The summed E-state index contributed by atoms with van der Waals surface area (Å²) >= 11 is 14.4. The summed E-state index contributed by atoms with van der Waals surface area (Å²) in [6.07, 6.45) is 5.75. The van der Waals surface area contributed by atoms with Crippen molar-refractivity contribution in [2.45, 2.75) is 51.9 Å². The van der Waals surface area contributed by atoms with Gasteiger partial charge in [-0.2, -0.15) is 0 Å². The van der Waals surface area contributed by atoms with Crippen LogP contribution in [0.5, 0.6) is 0 Å². The molecule has 5 heteroatoms. The summed E-state index contributed by atoms with van der Waals surface area (Å²) in [6, 6.07) is 7.40. The second-order valence-electron chi connectivity index (χ2n) is 8.67. The minimum Gasteiger partial charge on any atom is -0.381 e. The van der Waals surface area contributed by atoms with Crippen LogP contribution in [0.3, 0.4) is 0 Å². The van der Waals surface area contributed by atoms with Gasteiger partial charge in [-0.15, -0.1) is 11.3 Å². The molecule has 1 aromatic heterocycles. The van der Waals surface area contributed by atoms with Crippen LogP contribution in [0.4, 0.5) is 0 Å². The molecular weight excluding hydrogens is 435 g/mol. The van der Waals surface area contributed by atoms with E-state index in [1.54, 1.807) is 29.5 Å². The lowest BCUT2D eigenvalue weighted by Crippen LogP contribution is -2.18. The molecule has 1 aliphatic heterocycles. The zero-order valence-electron chi connectivity index (χ0n) is 17.5. The lowest BCUT2D eigenvalue weighted by atomic mass is 9.81. The lowest BCUT2D eigenvalue weighted by molar-refractivity contribution is 0.0615. The molecule has 2 heterocycles. The molecule has 0 spiro atoms. The molecule has 0 N–H and O–H groups in total. The van der Waals surface area contributed by atoms with Gasteiger partial charge in [0.05, 0.1) is 10.0 Å². The number of hydrogen-bond donors (Lipinski definition) is 0. The van der Waals surface area contributed by atoms with Crippen LogP contribution >= 0.6 is 34.5 Å². The van der Waals surface area contributed by atoms with E-state index in [4.69, 9.17) is 27.9 Å². The Balaban J connectivity index is 1.65. The normalized spacial score (nSPS) is 22.7. The second kappa shape index (κ2) is 9.56. The molecule has 1 aliphatic carbocycles. The molecule has 2 atom stereocenters. The van der Waals surface area contributed by atoms with Gasteiger partial charge in [-0.25, -0.2) is 0 Å². The zero-order valence-corrected chi connectivity index (χ0v) is 19.9. The molecule has 2 nitrogen and oxygen atoms in total. The van der Waals surface area contributed by atoms with Gasteiger partial charge in [0.25, 0.3) is 0 Å². The number of benzene rings is 1. The Hall–Kier alpha value is -1.13. The highest BCUT2D eigenvalue weighted by Gasteiger charge is 2.32. The number of Topliss-reactive ketones (excluding diaryl/α,β-unsaturated/α-hetero) is 1. The van der Waals surface area contributed by atoms with Crippen molar-refractivity contribution in [3.8, 4) is 0 Å². The third-order valence-corrected chi connectivity index (χ3v) is 8.73. The topological polar surface area (TPSA) is 26.3 Å². The maximum Gasteiger partial charge on any atom is 0.195 e. The maximum absolute atomic E-state index is 13.6. The SMILES string of the molecule is CC1=C(C(=O)c2cccc(Cl)c2Cl)c2ccsc2C(C)C(CCC2CCOCC2)C1. The van der Waals surface area contributed by atoms with Gasteiger partial charge < -0.3 is 4.74 Å². The van der Waals surface area contributed by atoms with Crippen molar-refractivity contribution < 1.29 is 9.53 Å². The third-order valence-electron chi connectivity index (χ3n) is 6.79. The summed E-state index contributed by atoms with van der Waals surface area (Å²) < 4.78 is 5.52. The molecule has 1 aromatic carbocycles. The highest BCUT2D eigenvalue weighted by molar-refractivity contribution is 7.10. The van der Waals surface area contributed by atoms with E-state index in [1.807, 2.05) is 0 Å². The fraction of sp³-hybridized carbons (Fsp3) is 0.480. The largest absolute Gasteiger partial charge is 0.381 e. The molecule has 1 saturated heterocycles. The number of allylic oxidation sites excluding steroid dienone is 2. The quantitative estimate of drug-likeness (QED) is 0.420. The molecule has 1 fully saturated rings. The first-order valence-corrected chi connectivity index (χ1v) is 12.4. The van der Waals surface area contributed by atoms with E-state index in [1.165, 1.54) is 30.6 Å². The predicted octanol–water partition coefficient (Wildman–Crippen LogP) is 8.04. The van der Waals surface area contributed by atoms with E-state index in [-0.39, 0.29) is 5.78 Å². The van der Waals surface area contributed by atoms with Crippen LogP contribution in [0.1, 0.15) is 72.7 Å². The summed E-state index contributed by atoms with van der Waals surface area (Å²) in [4.78, 5) is 14.9. The number of ether oxygens (including phenoxy) is 1. The zero-order chi connectivity index (χ0) is 21.3. The first kappa shape index (κ1) is 22.1. The Bertz CT molecular complexity index is 956. The Morgan fingerprint density at radius 2 is 1.93 bits per heavy atom. The maximum atomic E-state index is 13.6. The van der Waals surface area contributed by atoms with Crippen LogP contribution in [0.2, 0.25) is 10.0 Å². The number of thiophene rings is 1. The Morgan fingerprint density at radius 3 is 2.70 bits per heavy atom. The summed E-state index contributed by atoms with van der Waals surface area (Å²) in [5.41, 5.74) is 3.55. The molecular formula is C25H28Cl2O2S. The molecule has 4 rings (SSSR count). The van der Waals surface area contributed by atoms with E-state index in [0.717, 1.165) is 42.3 Å². The average molecular weight is 463 g/mol. The van der Waals surface area contributed by atoms with Crippen LogP contribution in [0.25, 0.3) is 5.57 Å². The van der Waals surface area contributed by atoms with Gasteiger partial charge >= 0.3 is 0 Å². The van der Waals surface area contributed by atoms with E-state index in [9.17, 15) is 4.79 Å². The second-order valence-corrected chi connectivity index (χ2v) is 10.4. The predicted molar refractivity (Wildman–Crippen MR) is 127 cm³/mol. The van der Waals surface area contributed by atoms with E-state index < -0.39 is 0 Å². The fourth-order valence-electron chi connectivity index (χ4n) is 4.96. The summed E-state index contributed by atoms with van der Waals surface area (Å²) in [6.45, 7) is 6.25. The number of hydrogen-bond acceptors (Lipinski definition) is 3. The number of carbonyl (C=O) groups excluding carboxylic acids is 1. The van der Waals surface area contributed by atoms with E-state index >= 15 is 0 Å². The van der Waals surface area contributed by atoms with Crippen molar-refractivity contribution in [1.82, 2.24) is 0 Å². The van der Waals surface area contributed by atoms with Crippen molar-refractivity contribution in [2.75, 3.05) is 13.2 Å². The summed E-state index contributed by atoms with van der Waals surface area (Å²) in [7, 11) is 0. The van der Waals surface area contributed by atoms with Crippen LogP contribution in [0.15, 0.2) is 35.2 Å². The number of ketones is 1. The Kier molecular flexibility index (Phi) is 7.04. The van der Waals surface area contributed by atoms with Crippen molar-refractivity contribution in [2.24, 2.45) is 11.8 Å². The number of carbonyl (C=O) groups is 1. The van der Waals surface area contributed by atoms with Gasteiger partial charge in [-0.1, -0.05) is 41.8 Å². The summed E-state index contributed by atoms with van der Waals surface area (Å²) in [5.74, 6) is 1.74. The van der Waals surface area contributed by atoms with E-state index in [2.05, 4.69) is 25.3 Å². The van der Waals surface area contributed by atoms with Crippen LogP contribution in [-0.4, -0.2) is 19.0 Å².